The Bertz CT molecular complexity index is 1090. The van der Waals surface area contributed by atoms with Crippen LogP contribution in [-0.4, -0.2) is 22.5 Å². The lowest BCUT2D eigenvalue weighted by atomic mass is 10.1. The van der Waals surface area contributed by atoms with Gasteiger partial charge in [-0.1, -0.05) is 54.6 Å². The Labute approximate surface area is 172 Å². The number of halogens is 1. The minimum Gasteiger partial charge on any atom is -0.489 e. The van der Waals surface area contributed by atoms with Crippen LogP contribution in [0.2, 0.25) is 0 Å². The number of ether oxygens (including phenoxy) is 1. The first-order chi connectivity index (χ1) is 13.5. The van der Waals surface area contributed by atoms with Crippen molar-refractivity contribution in [3.05, 3.63) is 81.3 Å². The molecule has 0 saturated carbocycles. The quantitative estimate of drug-likeness (QED) is 0.379. The van der Waals surface area contributed by atoms with Gasteiger partial charge in [0.2, 0.25) is 0 Å². The summed E-state index contributed by atoms with van der Waals surface area (Å²) in [5.74, 6) is 1.41. The third-order valence-electron chi connectivity index (χ3n) is 4.47. The Morgan fingerprint density at radius 2 is 2.11 bits per heavy atom. The Hall–Kier alpha value is -2.73. The second-order valence-electron chi connectivity index (χ2n) is 6.44. The summed E-state index contributed by atoms with van der Waals surface area (Å²) in [7, 11) is 0. The van der Waals surface area contributed by atoms with E-state index in [2.05, 4.69) is 34.5 Å². The number of rotatable bonds is 7. The monoisotopic (exact) mass is 439 g/mol. The topological polar surface area (TPSA) is 56.5 Å². The summed E-state index contributed by atoms with van der Waals surface area (Å²) in [4.78, 5) is 17.9. The van der Waals surface area contributed by atoms with Gasteiger partial charge in [-0.2, -0.15) is 9.78 Å². The molecule has 1 heterocycles. The average molecular weight is 440 g/mol. The van der Waals surface area contributed by atoms with Gasteiger partial charge in [0.05, 0.1) is 17.1 Å². The minimum absolute atomic E-state index is 0.0881. The lowest BCUT2D eigenvalue weighted by molar-refractivity contribution is 0.362. The summed E-state index contributed by atoms with van der Waals surface area (Å²) < 4.78 is 7.90. The standard InChI is InChI=1S/C22H22BrN3O2/c1-4-12-28-20-9-7-6-8-16(20)14-24-26-21(15(3)5-2)25-19-11-10-17(23)13-18(19)22(26)27/h4,6-11,13-15H,1,5,12H2,2-3H3/t15-/m0/s1. The average Bonchev–Trinajstić information content (AvgIpc) is 2.71. The number of hydrogen-bond acceptors (Lipinski definition) is 4. The van der Waals surface area contributed by atoms with Gasteiger partial charge in [0.25, 0.3) is 5.56 Å². The SMILES string of the molecule is C=CCOc1ccccc1C=Nn1c([C@@H](C)CC)nc2ccc(Br)cc2c1=O. The van der Waals surface area contributed by atoms with Crippen molar-refractivity contribution >= 4 is 33.0 Å². The molecule has 0 unspecified atom stereocenters. The van der Waals surface area contributed by atoms with Gasteiger partial charge in [0.1, 0.15) is 18.2 Å². The molecule has 0 spiro atoms. The summed E-state index contributed by atoms with van der Waals surface area (Å²) in [5, 5.41) is 5.01. The normalized spacial score (nSPS) is 12.4. The van der Waals surface area contributed by atoms with Crippen molar-refractivity contribution in [2.75, 3.05) is 6.61 Å². The van der Waals surface area contributed by atoms with Crippen LogP contribution < -0.4 is 10.3 Å². The number of aromatic nitrogens is 2. The van der Waals surface area contributed by atoms with Crippen LogP contribution in [0.4, 0.5) is 0 Å². The molecule has 3 aromatic rings. The van der Waals surface area contributed by atoms with Crippen LogP contribution in [0.5, 0.6) is 5.75 Å². The lowest BCUT2D eigenvalue weighted by Gasteiger charge is -2.14. The molecule has 0 radical (unpaired) electrons. The Morgan fingerprint density at radius 1 is 1.32 bits per heavy atom. The molecule has 3 rings (SSSR count). The van der Waals surface area contributed by atoms with E-state index in [1.807, 2.05) is 43.3 Å². The molecule has 5 nitrogen and oxygen atoms in total. The molecule has 0 aliphatic carbocycles. The van der Waals surface area contributed by atoms with Crippen molar-refractivity contribution < 1.29 is 4.74 Å². The van der Waals surface area contributed by atoms with E-state index >= 15 is 0 Å². The van der Waals surface area contributed by atoms with E-state index in [-0.39, 0.29) is 11.5 Å². The van der Waals surface area contributed by atoms with E-state index in [1.165, 1.54) is 4.68 Å². The van der Waals surface area contributed by atoms with Gasteiger partial charge >= 0.3 is 0 Å². The predicted molar refractivity (Wildman–Crippen MR) is 118 cm³/mol. The van der Waals surface area contributed by atoms with Crippen LogP contribution in [0.25, 0.3) is 10.9 Å². The van der Waals surface area contributed by atoms with Crippen LogP contribution >= 0.6 is 15.9 Å². The fourth-order valence-electron chi connectivity index (χ4n) is 2.77. The number of para-hydroxylation sites is 1. The third kappa shape index (κ3) is 4.22. The molecular formula is C22H22BrN3O2. The first-order valence-corrected chi connectivity index (χ1v) is 9.93. The van der Waals surface area contributed by atoms with Gasteiger partial charge < -0.3 is 4.74 Å². The zero-order valence-electron chi connectivity index (χ0n) is 15.9. The first kappa shape index (κ1) is 20.0. The van der Waals surface area contributed by atoms with Crippen LogP contribution in [0, 0.1) is 0 Å². The fraction of sp³-hybridized carbons (Fsp3) is 0.227. The van der Waals surface area contributed by atoms with Crippen molar-refractivity contribution in [2.45, 2.75) is 26.2 Å². The highest BCUT2D eigenvalue weighted by Crippen LogP contribution is 2.21. The van der Waals surface area contributed by atoms with Gasteiger partial charge in [-0.15, -0.1) is 0 Å². The Morgan fingerprint density at radius 3 is 2.86 bits per heavy atom. The molecule has 0 amide bonds. The molecular weight excluding hydrogens is 418 g/mol. The van der Waals surface area contributed by atoms with E-state index < -0.39 is 0 Å². The lowest BCUT2D eigenvalue weighted by Crippen LogP contribution is -2.23. The van der Waals surface area contributed by atoms with E-state index in [0.717, 1.165) is 16.5 Å². The number of hydrogen-bond donors (Lipinski definition) is 0. The second-order valence-corrected chi connectivity index (χ2v) is 7.36. The van der Waals surface area contributed by atoms with Crippen LogP contribution in [0.3, 0.4) is 0 Å². The van der Waals surface area contributed by atoms with Gasteiger partial charge in [-0.05, 0) is 36.8 Å². The summed E-state index contributed by atoms with van der Waals surface area (Å²) in [6, 6.07) is 13.0. The minimum atomic E-state index is -0.192. The molecule has 0 aliphatic rings. The van der Waals surface area contributed by atoms with Crippen LogP contribution in [-0.2, 0) is 0 Å². The van der Waals surface area contributed by atoms with Gasteiger partial charge in [0.15, 0.2) is 0 Å². The van der Waals surface area contributed by atoms with Crippen LogP contribution in [0.1, 0.15) is 37.6 Å². The molecule has 0 bridgehead atoms. The molecule has 144 valence electrons. The maximum absolute atomic E-state index is 13.1. The molecule has 28 heavy (non-hydrogen) atoms. The summed E-state index contributed by atoms with van der Waals surface area (Å²) in [6.45, 7) is 8.17. The highest BCUT2D eigenvalue weighted by Gasteiger charge is 2.15. The largest absolute Gasteiger partial charge is 0.489 e. The zero-order valence-corrected chi connectivity index (χ0v) is 17.5. The number of nitrogens with zero attached hydrogens (tertiary/aromatic N) is 3. The smallest absolute Gasteiger partial charge is 0.282 e. The number of fused-ring (bicyclic) bond motifs is 1. The zero-order chi connectivity index (χ0) is 20.1. The maximum Gasteiger partial charge on any atom is 0.282 e. The van der Waals surface area contributed by atoms with Gasteiger partial charge in [-0.3, -0.25) is 4.79 Å². The third-order valence-corrected chi connectivity index (χ3v) is 4.97. The Kier molecular flexibility index (Phi) is 6.41. The number of benzene rings is 2. The van der Waals surface area contributed by atoms with Gasteiger partial charge in [-0.25, -0.2) is 4.98 Å². The molecule has 1 atom stereocenters. The Balaban J connectivity index is 2.14. The summed E-state index contributed by atoms with van der Waals surface area (Å²) >= 11 is 3.42. The summed E-state index contributed by atoms with van der Waals surface area (Å²) in [5.41, 5.74) is 1.26. The van der Waals surface area contributed by atoms with Crippen molar-refractivity contribution in [1.82, 2.24) is 9.66 Å². The van der Waals surface area contributed by atoms with Crippen LogP contribution in [0.15, 0.2) is 69.5 Å². The molecule has 0 saturated heterocycles. The maximum atomic E-state index is 13.1. The van der Waals surface area contributed by atoms with Crippen molar-refractivity contribution in [1.29, 1.82) is 0 Å². The first-order valence-electron chi connectivity index (χ1n) is 9.14. The fourth-order valence-corrected chi connectivity index (χ4v) is 3.13. The molecule has 1 aromatic heterocycles. The highest BCUT2D eigenvalue weighted by molar-refractivity contribution is 9.10. The van der Waals surface area contributed by atoms with E-state index in [4.69, 9.17) is 9.72 Å². The highest BCUT2D eigenvalue weighted by atomic mass is 79.9. The summed E-state index contributed by atoms with van der Waals surface area (Å²) in [6.07, 6.45) is 4.17. The van der Waals surface area contributed by atoms with E-state index in [9.17, 15) is 4.79 Å². The van der Waals surface area contributed by atoms with Crippen molar-refractivity contribution in [2.24, 2.45) is 5.10 Å². The molecule has 0 aliphatic heterocycles. The van der Waals surface area contributed by atoms with Crippen molar-refractivity contribution in [3.8, 4) is 5.75 Å². The van der Waals surface area contributed by atoms with Gasteiger partial charge in [0, 0.05) is 16.0 Å². The van der Waals surface area contributed by atoms with Crippen molar-refractivity contribution in [3.63, 3.8) is 0 Å². The molecule has 0 N–H and O–H groups in total. The van der Waals surface area contributed by atoms with E-state index in [0.29, 0.717) is 29.1 Å². The molecule has 2 aromatic carbocycles. The molecule has 6 heteroatoms. The second kappa shape index (κ2) is 8.97. The predicted octanol–water partition coefficient (Wildman–Crippen LogP) is 5.12. The molecule has 0 fully saturated rings. The van der Waals surface area contributed by atoms with E-state index in [1.54, 1.807) is 18.4 Å².